The summed E-state index contributed by atoms with van der Waals surface area (Å²) in [4.78, 5) is 0. The third-order valence-corrected chi connectivity index (χ3v) is 14.5. The van der Waals surface area contributed by atoms with Gasteiger partial charge in [0.15, 0.2) is 9.84 Å². The van der Waals surface area contributed by atoms with E-state index in [1.54, 1.807) is 0 Å². The fraction of sp³-hybridized carbons (Fsp3) is 0.969. The van der Waals surface area contributed by atoms with Crippen molar-refractivity contribution in [1.82, 2.24) is 0 Å². The second kappa shape index (κ2) is 83.4. The molecule has 558 valence electrons. The predicted molar refractivity (Wildman–Crippen MR) is 350 cm³/mol. The summed E-state index contributed by atoms with van der Waals surface area (Å²) in [7, 11) is -3.72. The van der Waals surface area contributed by atoms with E-state index in [0.29, 0.717) is 323 Å². The molecule has 0 aliphatic carbocycles. The fourth-order valence-corrected chi connectivity index (χ4v) is 8.83. The zero-order chi connectivity index (χ0) is 67.6. The van der Waals surface area contributed by atoms with E-state index in [2.05, 4.69) is 6.92 Å². The van der Waals surface area contributed by atoms with Crippen LogP contribution >= 0.6 is 0 Å². The standard InChI is InChI=1S/C65H126N2O26S/c1-2-3-4-5-6-7-8-9-10-11-14-70-16-18-72-20-22-74-24-26-76-28-30-78-32-34-80-36-38-82-40-42-84-44-46-86-48-50-88-52-54-90-56-58-92-60-61-93-59-57-91-55-53-89-51-49-87-47-45-85-43-41-83-39-37-81-35-33-79-31-29-77-27-25-75-23-21-73-19-17-71-15-12-13-62-94(68,69)65(63-66)64-67/h65H,2-62H2,1H3. The first kappa shape index (κ1) is 92.0. The average Bonchev–Trinajstić information content (AvgIpc) is 2.51. The van der Waals surface area contributed by atoms with Crippen molar-refractivity contribution in [2.24, 2.45) is 0 Å². The van der Waals surface area contributed by atoms with E-state index in [4.69, 9.17) is 124 Å². The minimum absolute atomic E-state index is 0.215. The van der Waals surface area contributed by atoms with Crippen molar-refractivity contribution in [3.63, 3.8) is 0 Å². The maximum atomic E-state index is 11.8. The van der Waals surface area contributed by atoms with Crippen molar-refractivity contribution in [1.29, 1.82) is 10.5 Å². The Labute approximate surface area is 564 Å². The average molecular weight is 1380 g/mol. The van der Waals surface area contributed by atoms with E-state index < -0.39 is 15.1 Å². The minimum Gasteiger partial charge on any atom is -0.379 e. The minimum atomic E-state index is -3.72. The highest BCUT2D eigenvalue weighted by atomic mass is 32.2. The zero-order valence-electron chi connectivity index (χ0n) is 57.6. The van der Waals surface area contributed by atoms with Crippen LogP contribution in [0.2, 0.25) is 0 Å². The Balaban J connectivity index is 3.11. The molecule has 0 fully saturated rings. The summed E-state index contributed by atoms with van der Waals surface area (Å²) in [5, 5.41) is 15.8. The molecule has 94 heavy (non-hydrogen) atoms. The fourth-order valence-electron chi connectivity index (χ4n) is 7.67. The first-order valence-electron chi connectivity index (χ1n) is 34.4. The molecule has 0 spiro atoms. The molecule has 0 saturated carbocycles. The summed E-state index contributed by atoms with van der Waals surface area (Å²) in [5.41, 5.74) is 0. The Bertz CT molecular complexity index is 1620. The van der Waals surface area contributed by atoms with Crippen LogP contribution in [0.4, 0.5) is 0 Å². The number of unbranched alkanes of at least 4 members (excludes halogenated alkanes) is 10. The van der Waals surface area contributed by atoms with Crippen LogP contribution in [-0.4, -0.2) is 337 Å². The quantitative estimate of drug-likeness (QED) is 0.0730. The molecule has 0 aromatic heterocycles. The third-order valence-electron chi connectivity index (χ3n) is 12.8. The number of hydrogen-bond acceptors (Lipinski definition) is 28. The van der Waals surface area contributed by atoms with Gasteiger partial charge in [-0.1, -0.05) is 64.7 Å². The Morgan fingerprint density at radius 3 is 0.479 bits per heavy atom. The first-order chi connectivity index (χ1) is 46.6. The molecule has 0 aromatic carbocycles. The third kappa shape index (κ3) is 79.0. The smallest absolute Gasteiger partial charge is 0.233 e. The van der Waals surface area contributed by atoms with Crippen LogP contribution in [0.15, 0.2) is 0 Å². The first-order valence-corrected chi connectivity index (χ1v) is 36.2. The lowest BCUT2D eigenvalue weighted by Gasteiger charge is -2.09. The lowest BCUT2D eigenvalue weighted by molar-refractivity contribution is -0.0320. The molecule has 29 heteroatoms. The molecule has 0 amide bonds. The molecule has 0 aliphatic rings. The Morgan fingerprint density at radius 2 is 0.330 bits per heavy atom. The van der Waals surface area contributed by atoms with Crippen molar-refractivity contribution < 1.29 is 122 Å². The van der Waals surface area contributed by atoms with E-state index in [9.17, 15) is 8.42 Å². The molecular formula is C65H126N2O26S. The summed E-state index contributed by atoms with van der Waals surface area (Å²) in [5.74, 6) is -0.215. The highest BCUT2D eigenvalue weighted by Crippen LogP contribution is 2.11. The summed E-state index contributed by atoms with van der Waals surface area (Å²) in [6.07, 6.45) is 14.2. The molecule has 0 heterocycles. The second-order valence-corrected chi connectivity index (χ2v) is 22.8. The van der Waals surface area contributed by atoms with E-state index in [1.807, 2.05) is 0 Å². The van der Waals surface area contributed by atoms with Crippen molar-refractivity contribution in [3.05, 3.63) is 0 Å². The number of hydrogen-bond donors (Lipinski definition) is 0. The van der Waals surface area contributed by atoms with Gasteiger partial charge < -0.3 is 114 Å². The Morgan fingerprint density at radius 1 is 0.202 bits per heavy atom. The molecule has 0 rings (SSSR count). The number of ether oxygens (including phenoxy) is 24. The van der Waals surface area contributed by atoms with E-state index in [1.165, 1.54) is 69.9 Å². The predicted octanol–water partition coefficient (Wildman–Crippen LogP) is 4.92. The highest BCUT2D eigenvalue weighted by molar-refractivity contribution is 7.92. The number of sulfone groups is 1. The molecule has 28 nitrogen and oxygen atoms in total. The van der Waals surface area contributed by atoms with Crippen molar-refractivity contribution >= 4 is 9.84 Å². The molecular weight excluding hydrogens is 1260 g/mol. The van der Waals surface area contributed by atoms with Gasteiger partial charge in [-0.2, -0.15) is 10.5 Å². The van der Waals surface area contributed by atoms with E-state index in [-0.39, 0.29) is 5.75 Å². The van der Waals surface area contributed by atoms with Crippen molar-refractivity contribution in [2.75, 3.05) is 323 Å². The lowest BCUT2D eigenvalue weighted by Crippen LogP contribution is -2.21. The molecule has 0 aromatic rings. The molecule has 0 saturated heterocycles. The molecule has 0 unspecified atom stereocenters. The van der Waals surface area contributed by atoms with Crippen LogP contribution in [-0.2, 0) is 124 Å². The number of nitrogens with zero attached hydrogens (tertiary/aromatic N) is 2. The molecule has 0 radical (unpaired) electrons. The second-order valence-electron chi connectivity index (χ2n) is 20.6. The van der Waals surface area contributed by atoms with Crippen molar-refractivity contribution in [2.45, 2.75) is 89.2 Å². The zero-order valence-corrected chi connectivity index (χ0v) is 58.4. The molecule has 0 bridgehead atoms. The van der Waals surface area contributed by atoms with Crippen LogP contribution in [0.1, 0.15) is 84.0 Å². The Kier molecular flexibility index (Phi) is 81.6. The van der Waals surface area contributed by atoms with Crippen molar-refractivity contribution in [3.8, 4) is 12.1 Å². The van der Waals surface area contributed by atoms with Gasteiger partial charge in [-0.3, -0.25) is 0 Å². The van der Waals surface area contributed by atoms with Crippen LogP contribution in [0.25, 0.3) is 0 Å². The topological polar surface area (TPSA) is 303 Å². The van der Waals surface area contributed by atoms with Gasteiger partial charge in [-0.05, 0) is 19.3 Å². The Hall–Kier alpha value is -2.03. The summed E-state index contributed by atoms with van der Waals surface area (Å²) >= 11 is 0. The highest BCUT2D eigenvalue weighted by Gasteiger charge is 2.24. The maximum absolute atomic E-state index is 11.8. The van der Waals surface area contributed by atoms with Gasteiger partial charge in [0, 0.05) is 13.2 Å². The maximum Gasteiger partial charge on any atom is 0.233 e. The summed E-state index contributed by atoms with van der Waals surface area (Å²) in [6, 6.07) is 2.98. The van der Waals surface area contributed by atoms with Gasteiger partial charge in [0.25, 0.3) is 0 Å². The van der Waals surface area contributed by atoms with Gasteiger partial charge in [0.05, 0.1) is 322 Å². The number of rotatable bonds is 86. The molecule has 0 atom stereocenters. The summed E-state index contributed by atoms with van der Waals surface area (Å²) in [6.45, 7) is 25.6. The van der Waals surface area contributed by atoms with E-state index >= 15 is 0 Å². The largest absolute Gasteiger partial charge is 0.379 e. The van der Waals surface area contributed by atoms with Gasteiger partial charge in [0.2, 0.25) is 5.25 Å². The molecule has 0 aliphatic heterocycles. The van der Waals surface area contributed by atoms with Gasteiger partial charge in [-0.15, -0.1) is 0 Å². The normalized spacial score (nSPS) is 11.8. The van der Waals surface area contributed by atoms with Crippen LogP contribution in [0.3, 0.4) is 0 Å². The summed E-state index contributed by atoms with van der Waals surface area (Å²) < 4.78 is 156. The monoisotopic (exact) mass is 1380 g/mol. The van der Waals surface area contributed by atoms with Gasteiger partial charge >= 0.3 is 0 Å². The SMILES string of the molecule is CCCCCCCCCCCCOCCOCCOCCOCCOCCOCCOCCOCCOCCOCCOCCOCCOCCOCCOCCOCCOCCOCCOCCOCCOCCOCCOCCOCCCCS(=O)(=O)C(C#N)C#N. The van der Waals surface area contributed by atoms with Crippen LogP contribution < -0.4 is 0 Å². The molecule has 0 N–H and O–H groups in total. The van der Waals surface area contributed by atoms with E-state index in [0.717, 1.165) is 13.0 Å². The van der Waals surface area contributed by atoms with Crippen LogP contribution in [0.5, 0.6) is 0 Å². The van der Waals surface area contributed by atoms with Gasteiger partial charge in [0.1, 0.15) is 0 Å². The number of nitriles is 2. The van der Waals surface area contributed by atoms with Gasteiger partial charge in [-0.25, -0.2) is 8.42 Å². The van der Waals surface area contributed by atoms with Crippen LogP contribution in [0, 0.1) is 22.7 Å². The lowest BCUT2D eigenvalue weighted by atomic mass is 10.1.